The lowest BCUT2D eigenvalue weighted by Crippen LogP contribution is -2.35. The highest BCUT2D eigenvalue weighted by atomic mass is 32.1. The van der Waals surface area contributed by atoms with E-state index in [1.807, 2.05) is 70.3 Å². The molecule has 0 fully saturated rings. The quantitative estimate of drug-likeness (QED) is 0.603. The number of nitrogens with one attached hydrogen (secondary N) is 1. The van der Waals surface area contributed by atoms with Gasteiger partial charge in [0.15, 0.2) is 0 Å². The molecular weight excluding hydrogens is 376 g/mol. The maximum Gasteiger partial charge on any atom is 0.225 e. The van der Waals surface area contributed by atoms with E-state index in [1.54, 1.807) is 22.7 Å². The van der Waals surface area contributed by atoms with E-state index < -0.39 is 0 Å². The fourth-order valence-corrected chi connectivity index (χ4v) is 4.34. The van der Waals surface area contributed by atoms with Crippen LogP contribution in [0.15, 0.2) is 65.4 Å². The minimum Gasteiger partial charge on any atom is -0.349 e. The number of thiophene rings is 2. The summed E-state index contributed by atoms with van der Waals surface area (Å²) in [6, 6.07) is 17.4. The van der Waals surface area contributed by atoms with Crippen molar-refractivity contribution in [3.63, 3.8) is 0 Å². The zero-order valence-electron chi connectivity index (χ0n) is 15.1. The average molecular weight is 399 g/mol. The van der Waals surface area contributed by atoms with E-state index in [0.717, 1.165) is 15.3 Å². The molecule has 2 amide bonds. The van der Waals surface area contributed by atoms with E-state index in [2.05, 4.69) is 5.32 Å². The third-order valence-corrected chi connectivity index (χ3v) is 5.89. The molecule has 27 heavy (non-hydrogen) atoms. The molecule has 3 rings (SSSR count). The number of hydrogen-bond donors (Lipinski definition) is 1. The molecule has 140 valence electrons. The second-order valence-corrected chi connectivity index (χ2v) is 8.34. The molecule has 3 aromatic rings. The normalized spacial score (nSPS) is 11.7. The molecule has 0 saturated heterocycles. The first-order valence-corrected chi connectivity index (χ1v) is 10.5. The Balaban J connectivity index is 1.77. The molecule has 0 aliphatic heterocycles. The van der Waals surface area contributed by atoms with Crippen LogP contribution in [0, 0.1) is 0 Å². The maximum absolute atomic E-state index is 13.1. The number of hydrogen-bond acceptors (Lipinski definition) is 4. The molecule has 4 nitrogen and oxygen atoms in total. The maximum atomic E-state index is 13.1. The third kappa shape index (κ3) is 5.77. The second kappa shape index (κ2) is 9.48. The Morgan fingerprint density at radius 2 is 1.52 bits per heavy atom. The summed E-state index contributed by atoms with van der Waals surface area (Å²) in [7, 11) is 0. The summed E-state index contributed by atoms with van der Waals surface area (Å²) in [5.74, 6) is -0.112. The SMILES string of the molecule is CC(=O)NC(CC(=O)N(Cc1cccs1)Cc1cccs1)c1ccccc1. The van der Waals surface area contributed by atoms with Gasteiger partial charge >= 0.3 is 0 Å². The topological polar surface area (TPSA) is 49.4 Å². The standard InChI is InChI=1S/C21H22N2O2S2/c1-16(24)22-20(17-7-3-2-4-8-17)13-21(25)23(14-18-9-5-11-26-18)15-19-10-6-12-27-19/h2-12,20H,13-15H2,1H3,(H,22,24). The van der Waals surface area contributed by atoms with Crippen LogP contribution in [0.25, 0.3) is 0 Å². The summed E-state index contributed by atoms with van der Waals surface area (Å²) in [5.41, 5.74) is 0.938. The van der Waals surface area contributed by atoms with Gasteiger partial charge in [-0.1, -0.05) is 42.5 Å². The third-order valence-electron chi connectivity index (χ3n) is 4.16. The second-order valence-electron chi connectivity index (χ2n) is 6.28. The van der Waals surface area contributed by atoms with Gasteiger partial charge in [-0.25, -0.2) is 0 Å². The Morgan fingerprint density at radius 1 is 0.926 bits per heavy atom. The van der Waals surface area contributed by atoms with Crippen molar-refractivity contribution in [2.24, 2.45) is 0 Å². The van der Waals surface area contributed by atoms with Gasteiger partial charge in [0.25, 0.3) is 0 Å². The van der Waals surface area contributed by atoms with Gasteiger partial charge in [0.05, 0.1) is 25.6 Å². The van der Waals surface area contributed by atoms with Crippen LogP contribution in [0.5, 0.6) is 0 Å². The van der Waals surface area contributed by atoms with Crippen molar-refractivity contribution < 1.29 is 9.59 Å². The van der Waals surface area contributed by atoms with Crippen LogP contribution < -0.4 is 5.32 Å². The molecule has 6 heteroatoms. The summed E-state index contributed by atoms with van der Waals surface area (Å²) >= 11 is 3.29. The Kier molecular flexibility index (Phi) is 6.79. The van der Waals surface area contributed by atoms with Crippen LogP contribution in [-0.2, 0) is 22.7 Å². The molecule has 0 aliphatic rings. The number of carbonyl (C=O) groups excluding carboxylic acids is 2. The number of nitrogens with zero attached hydrogens (tertiary/aromatic N) is 1. The molecule has 2 heterocycles. The average Bonchev–Trinajstić information content (AvgIpc) is 3.35. The molecule has 1 N–H and O–H groups in total. The van der Waals surface area contributed by atoms with Crippen LogP contribution in [-0.4, -0.2) is 16.7 Å². The first-order chi connectivity index (χ1) is 13.1. The van der Waals surface area contributed by atoms with Gasteiger partial charge in [0, 0.05) is 16.7 Å². The highest BCUT2D eigenvalue weighted by Gasteiger charge is 2.22. The highest BCUT2D eigenvalue weighted by Crippen LogP contribution is 2.22. The molecule has 0 bridgehead atoms. The number of benzene rings is 1. The monoisotopic (exact) mass is 398 g/mol. The number of amides is 2. The Bertz CT molecular complexity index is 809. The predicted octanol–water partition coefficient (Wildman–Crippen LogP) is 4.61. The van der Waals surface area contributed by atoms with Gasteiger partial charge in [0.2, 0.25) is 11.8 Å². The molecule has 1 unspecified atom stereocenters. The van der Waals surface area contributed by atoms with E-state index in [1.165, 1.54) is 6.92 Å². The van der Waals surface area contributed by atoms with E-state index in [-0.39, 0.29) is 24.3 Å². The van der Waals surface area contributed by atoms with Crippen LogP contribution in [0.4, 0.5) is 0 Å². The Hall–Kier alpha value is -2.44. The van der Waals surface area contributed by atoms with Crippen LogP contribution >= 0.6 is 22.7 Å². The van der Waals surface area contributed by atoms with Crippen LogP contribution in [0.1, 0.15) is 34.7 Å². The lowest BCUT2D eigenvalue weighted by Gasteiger charge is -2.25. The van der Waals surface area contributed by atoms with Gasteiger partial charge in [-0.2, -0.15) is 0 Å². The fraction of sp³-hybridized carbons (Fsp3) is 0.238. The molecule has 0 spiro atoms. The first kappa shape index (κ1) is 19.3. The summed E-state index contributed by atoms with van der Waals surface area (Å²) in [6.45, 7) is 2.64. The van der Waals surface area contributed by atoms with Crippen molar-refractivity contribution in [2.75, 3.05) is 0 Å². The molecule has 0 aliphatic carbocycles. The van der Waals surface area contributed by atoms with Crippen LogP contribution in [0.2, 0.25) is 0 Å². The summed E-state index contributed by atoms with van der Waals surface area (Å²) in [6.07, 6.45) is 0.236. The van der Waals surface area contributed by atoms with Gasteiger partial charge in [-0.15, -0.1) is 22.7 Å². The summed E-state index contributed by atoms with van der Waals surface area (Å²) in [5, 5.41) is 6.96. The molecular formula is C21H22N2O2S2. The van der Waals surface area contributed by atoms with Crippen molar-refractivity contribution in [1.29, 1.82) is 0 Å². The molecule has 2 aromatic heterocycles. The van der Waals surface area contributed by atoms with Crippen molar-refractivity contribution >= 4 is 34.5 Å². The zero-order chi connectivity index (χ0) is 19.1. The minimum atomic E-state index is -0.328. The first-order valence-electron chi connectivity index (χ1n) is 8.76. The van der Waals surface area contributed by atoms with E-state index in [0.29, 0.717) is 13.1 Å². The van der Waals surface area contributed by atoms with E-state index in [9.17, 15) is 9.59 Å². The van der Waals surface area contributed by atoms with Gasteiger partial charge in [-0.05, 0) is 28.5 Å². The Morgan fingerprint density at radius 3 is 2.00 bits per heavy atom. The molecule has 1 aromatic carbocycles. The van der Waals surface area contributed by atoms with Crippen molar-refractivity contribution in [1.82, 2.24) is 10.2 Å². The van der Waals surface area contributed by atoms with Gasteiger partial charge < -0.3 is 10.2 Å². The van der Waals surface area contributed by atoms with E-state index in [4.69, 9.17) is 0 Å². The zero-order valence-corrected chi connectivity index (χ0v) is 16.8. The summed E-state index contributed by atoms with van der Waals surface area (Å²) in [4.78, 5) is 29.0. The lowest BCUT2D eigenvalue weighted by molar-refractivity contribution is -0.133. The molecule has 0 radical (unpaired) electrons. The minimum absolute atomic E-state index is 0.0272. The number of carbonyl (C=O) groups is 2. The largest absolute Gasteiger partial charge is 0.349 e. The highest BCUT2D eigenvalue weighted by molar-refractivity contribution is 7.10. The van der Waals surface area contributed by atoms with Gasteiger partial charge in [0.1, 0.15) is 0 Å². The number of rotatable bonds is 8. The van der Waals surface area contributed by atoms with Crippen molar-refractivity contribution in [3.8, 4) is 0 Å². The van der Waals surface area contributed by atoms with Crippen molar-refractivity contribution in [3.05, 3.63) is 80.7 Å². The molecule has 1 atom stereocenters. The lowest BCUT2D eigenvalue weighted by atomic mass is 10.0. The van der Waals surface area contributed by atoms with Gasteiger partial charge in [-0.3, -0.25) is 9.59 Å². The summed E-state index contributed by atoms with van der Waals surface area (Å²) < 4.78 is 0. The van der Waals surface area contributed by atoms with E-state index >= 15 is 0 Å². The predicted molar refractivity (Wildman–Crippen MR) is 111 cm³/mol. The van der Waals surface area contributed by atoms with Crippen molar-refractivity contribution in [2.45, 2.75) is 32.5 Å². The Labute approximate surface area is 167 Å². The van der Waals surface area contributed by atoms with Crippen LogP contribution in [0.3, 0.4) is 0 Å². The fourth-order valence-electron chi connectivity index (χ4n) is 2.90. The smallest absolute Gasteiger partial charge is 0.225 e. The molecule has 0 saturated carbocycles.